The second-order valence-corrected chi connectivity index (χ2v) is 9.94. The Labute approximate surface area is 198 Å². The highest BCUT2D eigenvalue weighted by molar-refractivity contribution is 5.90. The summed E-state index contributed by atoms with van der Waals surface area (Å²) in [6.45, 7) is 1.92. The number of nitrogens with one attached hydrogen (secondary N) is 3. The molecular formula is C27H41N3O3. The van der Waals surface area contributed by atoms with Crippen LogP contribution < -0.4 is 16.0 Å². The monoisotopic (exact) mass is 455 g/mol. The molecule has 0 unspecified atom stereocenters. The Morgan fingerprint density at radius 2 is 1.55 bits per heavy atom. The molecule has 1 aromatic carbocycles. The third-order valence-electron chi connectivity index (χ3n) is 7.54. The van der Waals surface area contributed by atoms with Gasteiger partial charge in [-0.25, -0.2) is 0 Å². The molecule has 0 radical (unpaired) electrons. The molecule has 6 nitrogen and oxygen atoms in total. The van der Waals surface area contributed by atoms with Gasteiger partial charge in [-0.1, -0.05) is 62.4 Å². The first kappa shape index (κ1) is 25.7. The molecule has 1 aromatic rings. The van der Waals surface area contributed by atoms with Crippen molar-refractivity contribution in [2.75, 3.05) is 20.1 Å². The van der Waals surface area contributed by atoms with Crippen LogP contribution in [-0.4, -0.2) is 55.6 Å². The van der Waals surface area contributed by atoms with Gasteiger partial charge in [0.2, 0.25) is 0 Å². The molecule has 2 aliphatic rings. The SMILES string of the molecule is CN[C@@H](CC1CCC1)C(=O)CN[C@H](C(=O)CN[C@@H](Cc1ccccc1)C(C)=O)C1CCCC1. The summed E-state index contributed by atoms with van der Waals surface area (Å²) >= 11 is 0. The van der Waals surface area contributed by atoms with Crippen molar-refractivity contribution in [3.8, 4) is 0 Å². The number of ketones is 3. The average Bonchev–Trinajstić information content (AvgIpc) is 3.31. The van der Waals surface area contributed by atoms with E-state index in [1.54, 1.807) is 6.92 Å². The largest absolute Gasteiger partial charge is 0.310 e. The summed E-state index contributed by atoms with van der Waals surface area (Å²) in [6.07, 6.45) is 9.43. The number of likely N-dealkylation sites (N-methyl/N-ethyl adjacent to an activating group) is 1. The quantitative estimate of drug-likeness (QED) is 0.377. The van der Waals surface area contributed by atoms with Gasteiger partial charge >= 0.3 is 0 Å². The number of benzene rings is 1. The van der Waals surface area contributed by atoms with Gasteiger partial charge in [-0.2, -0.15) is 0 Å². The third-order valence-corrected chi connectivity index (χ3v) is 7.54. The molecule has 0 spiro atoms. The molecule has 0 aromatic heterocycles. The topological polar surface area (TPSA) is 87.3 Å². The Morgan fingerprint density at radius 3 is 2.12 bits per heavy atom. The zero-order chi connectivity index (χ0) is 23.6. The molecule has 0 saturated heterocycles. The van der Waals surface area contributed by atoms with Crippen molar-refractivity contribution < 1.29 is 14.4 Å². The normalized spacial score (nSPS) is 19.6. The molecule has 6 heteroatoms. The van der Waals surface area contributed by atoms with E-state index >= 15 is 0 Å². The van der Waals surface area contributed by atoms with Gasteiger partial charge in [0.1, 0.15) is 5.78 Å². The van der Waals surface area contributed by atoms with Gasteiger partial charge < -0.3 is 16.0 Å². The highest BCUT2D eigenvalue weighted by Gasteiger charge is 2.32. The lowest BCUT2D eigenvalue weighted by atomic mass is 9.80. The van der Waals surface area contributed by atoms with Crippen LogP contribution in [0, 0.1) is 11.8 Å². The molecule has 2 fully saturated rings. The van der Waals surface area contributed by atoms with Crippen molar-refractivity contribution in [1.82, 2.24) is 16.0 Å². The lowest BCUT2D eigenvalue weighted by Crippen LogP contribution is -2.51. The maximum absolute atomic E-state index is 13.2. The lowest BCUT2D eigenvalue weighted by Gasteiger charge is -2.30. The van der Waals surface area contributed by atoms with Crippen molar-refractivity contribution in [2.24, 2.45) is 11.8 Å². The summed E-state index contributed by atoms with van der Waals surface area (Å²) in [5.41, 5.74) is 1.07. The Morgan fingerprint density at radius 1 is 0.879 bits per heavy atom. The molecule has 3 atom stereocenters. The van der Waals surface area contributed by atoms with Gasteiger partial charge in [0.25, 0.3) is 0 Å². The van der Waals surface area contributed by atoms with E-state index in [0.29, 0.717) is 12.3 Å². The van der Waals surface area contributed by atoms with E-state index < -0.39 is 6.04 Å². The second-order valence-electron chi connectivity index (χ2n) is 9.94. The van der Waals surface area contributed by atoms with Crippen molar-refractivity contribution in [3.63, 3.8) is 0 Å². The first-order valence-corrected chi connectivity index (χ1v) is 12.7. The number of hydrogen-bond acceptors (Lipinski definition) is 6. The number of hydrogen-bond donors (Lipinski definition) is 3. The summed E-state index contributed by atoms with van der Waals surface area (Å²) < 4.78 is 0. The van der Waals surface area contributed by atoms with Crippen molar-refractivity contribution in [1.29, 1.82) is 0 Å². The van der Waals surface area contributed by atoms with Crippen molar-refractivity contribution in [2.45, 2.75) is 82.8 Å². The Bertz CT molecular complexity index is 772. The van der Waals surface area contributed by atoms with Gasteiger partial charge in [0.05, 0.1) is 31.2 Å². The van der Waals surface area contributed by atoms with Crippen LogP contribution in [0.5, 0.6) is 0 Å². The van der Waals surface area contributed by atoms with Gasteiger partial charge in [0, 0.05) is 0 Å². The molecule has 0 amide bonds. The Balaban J connectivity index is 1.55. The van der Waals surface area contributed by atoms with Crippen LogP contribution >= 0.6 is 0 Å². The molecule has 33 heavy (non-hydrogen) atoms. The van der Waals surface area contributed by atoms with Crippen LogP contribution in [0.2, 0.25) is 0 Å². The predicted molar refractivity (Wildman–Crippen MR) is 131 cm³/mol. The number of Topliss-reactive ketones (excluding diaryl/α,β-unsaturated/α-hetero) is 3. The van der Waals surface area contributed by atoms with E-state index in [1.165, 1.54) is 19.3 Å². The van der Waals surface area contributed by atoms with Gasteiger partial charge in [-0.3, -0.25) is 14.4 Å². The van der Waals surface area contributed by atoms with E-state index in [-0.39, 0.29) is 48.4 Å². The van der Waals surface area contributed by atoms with E-state index in [2.05, 4.69) is 16.0 Å². The van der Waals surface area contributed by atoms with Crippen LogP contribution in [0.4, 0.5) is 0 Å². The van der Waals surface area contributed by atoms with Crippen LogP contribution in [0.25, 0.3) is 0 Å². The summed E-state index contributed by atoms with van der Waals surface area (Å²) in [6, 6.07) is 8.98. The van der Waals surface area contributed by atoms with E-state index in [4.69, 9.17) is 0 Å². The number of rotatable bonds is 15. The summed E-state index contributed by atoms with van der Waals surface area (Å²) in [7, 11) is 1.85. The molecule has 3 N–H and O–H groups in total. The van der Waals surface area contributed by atoms with E-state index in [0.717, 1.165) is 37.7 Å². The van der Waals surface area contributed by atoms with Crippen molar-refractivity contribution in [3.05, 3.63) is 35.9 Å². The maximum atomic E-state index is 13.2. The third kappa shape index (κ3) is 7.83. The predicted octanol–water partition coefficient (Wildman–Crippen LogP) is 2.84. The first-order valence-electron chi connectivity index (χ1n) is 12.7. The Kier molecular flexibility index (Phi) is 10.2. The zero-order valence-electron chi connectivity index (χ0n) is 20.3. The Hall–Kier alpha value is -1.89. The van der Waals surface area contributed by atoms with Gasteiger partial charge in [-0.05, 0) is 57.1 Å². The maximum Gasteiger partial charge on any atom is 0.163 e. The van der Waals surface area contributed by atoms with Gasteiger partial charge in [0.15, 0.2) is 11.6 Å². The fraction of sp³-hybridized carbons (Fsp3) is 0.667. The zero-order valence-corrected chi connectivity index (χ0v) is 20.3. The average molecular weight is 456 g/mol. The molecule has 0 aliphatic heterocycles. The van der Waals surface area contributed by atoms with Crippen LogP contribution in [0.1, 0.15) is 63.9 Å². The molecule has 2 aliphatic carbocycles. The van der Waals surface area contributed by atoms with E-state index in [1.807, 2.05) is 37.4 Å². The first-order chi connectivity index (χ1) is 16.0. The highest BCUT2D eigenvalue weighted by Crippen LogP contribution is 2.31. The highest BCUT2D eigenvalue weighted by atomic mass is 16.1. The summed E-state index contributed by atoms with van der Waals surface area (Å²) in [5.74, 6) is 1.13. The minimum Gasteiger partial charge on any atom is -0.310 e. The number of carbonyl (C=O) groups excluding carboxylic acids is 3. The smallest absolute Gasteiger partial charge is 0.163 e. The minimum atomic E-state index is -0.390. The molecule has 3 rings (SSSR count). The molecular weight excluding hydrogens is 414 g/mol. The standard InChI is InChI=1S/C27H41N3O3/c1-19(31)23(15-20-9-4-3-5-10-20)29-18-26(33)27(22-13-6-7-14-22)30-17-25(32)24(28-2)16-21-11-8-12-21/h3-5,9-10,21-24,27-30H,6-8,11-18H2,1-2H3/t23-,24-,27-/m0/s1. The van der Waals surface area contributed by atoms with Crippen molar-refractivity contribution >= 4 is 17.3 Å². The molecule has 182 valence electrons. The molecule has 2 saturated carbocycles. The van der Waals surface area contributed by atoms with Crippen LogP contribution in [0.15, 0.2) is 30.3 Å². The summed E-state index contributed by atoms with van der Waals surface area (Å²) in [4.78, 5) is 38.3. The fourth-order valence-electron chi connectivity index (χ4n) is 5.18. The minimum absolute atomic E-state index is 0.0278. The van der Waals surface area contributed by atoms with Crippen LogP contribution in [-0.2, 0) is 20.8 Å². The van der Waals surface area contributed by atoms with Crippen LogP contribution in [0.3, 0.4) is 0 Å². The molecule has 0 bridgehead atoms. The summed E-state index contributed by atoms with van der Waals surface area (Å²) in [5, 5.41) is 9.70. The second kappa shape index (κ2) is 13.1. The molecule has 0 heterocycles. The van der Waals surface area contributed by atoms with Gasteiger partial charge in [-0.15, -0.1) is 0 Å². The number of carbonyl (C=O) groups is 3. The van der Waals surface area contributed by atoms with E-state index in [9.17, 15) is 14.4 Å². The lowest BCUT2D eigenvalue weighted by molar-refractivity contribution is -0.123. The fourth-order valence-corrected chi connectivity index (χ4v) is 5.18.